The van der Waals surface area contributed by atoms with Crippen molar-refractivity contribution in [2.45, 2.75) is 32.7 Å². The molecule has 0 bridgehead atoms. The average Bonchev–Trinajstić information content (AvgIpc) is 2.38. The second-order valence-corrected chi connectivity index (χ2v) is 4.35. The monoisotopic (exact) mass is 263 g/mol. The van der Waals surface area contributed by atoms with Crippen molar-refractivity contribution < 1.29 is 14.3 Å². The van der Waals surface area contributed by atoms with Crippen molar-refractivity contribution in [1.82, 2.24) is 4.98 Å². The van der Waals surface area contributed by atoms with E-state index >= 15 is 0 Å². The number of carbonyl (C=O) groups is 2. The number of pyridine rings is 1. The summed E-state index contributed by atoms with van der Waals surface area (Å²) in [7, 11) is 0. The van der Waals surface area contributed by atoms with Crippen molar-refractivity contribution in [3.63, 3.8) is 0 Å². The fourth-order valence-corrected chi connectivity index (χ4v) is 2.29. The van der Waals surface area contributed by atoms with E-state index in [1.165, 1.54) is 4.90 Å². The minimum absolute atomic E-state index is 0.0825. The van der Waals surface area contributed by atoms with Gasteiger partial charge >= 0.3 is 6.03 Å². The molecule has 1 unspecified atom stereocenters. The van der Waals surface area contributed by atoms with E-state index < -0.39 is 6.03 Å². The van der Waals surface area contributed by atoms with Crippen LogP contribution in [0.25, 0.3) is 0 Å². The maximum atomic E-state index is 12.1. The van der Waals surface area contributed by atoms with Crippen LogP contribution in [0.3, 0.4) is 0 Å². The average molecular weight is 263 g/mol. The zero-order valence-corrected chi connectivity index (χ0v) is 11.0. The van der Waals surface area contributed by atoms with Crippen molar-refractivity contribution in [3.05, 3.63) is 17.8 Å². The number of carbonyl (C=O) groups excluding carboxylic acids is 2. The molecule has 2 heterocycles. The lowest BCUT2D eigenvalue weighted by atomic mass is 9.97. The number of amides is 2. The van der Waals surface area contributed by atoms with Crippen LogP contribution in [0, 0.1) is 0 Å². The van der Waals surface area contributed by atoms with Crippen LogP contribution in [0.15, 0.2) is 12.1 Å². The summed E-state index contributed by atoms with van der Waals surface area (Å²) in [6, 6.07) is 2.55. The van der Waals surface area contributed by atoms with Crippen molar-refractivity contribution >= 4 is 17.5 Å². The van der Waals surface area contributed by atoms with Crippen molar-refractivity contribution in [2.24, 2.45) is 5.73 Å². The lowest BCUT2D eigenvalue weighted by molar-refractivity contribution is 0.0960. The van der Waals surface area contributed by atoms with Crippen LogP contribution in [0.2, 0.25) is 0 Å². The fraction of sp³-hybridized carbons (Fsp3) is 0.462. The molecule has 6 heteroatoms. The van der Waals surface area contributed by atoms with E-state index in [4.69, 9.17) is 10.5 Å². The molecule has 0 saturated carbocycles. The first-order valence-corrected chi connectivity index (χ1v) is 6.34. The quantitative estimate of drug-likeness (QED) is 0.899. The SMILES string of the molecule is CCOc1ccc2c(n1)C(=O)CC(CC)N2C(N)=O. The molecule has 2 amide bonds. The van der Waals surface area contributed by atoms with Gasteiger partial charge in [-0.25, -0.2) is 9.78 Å². The smallest absolute Gasteiger partial charge is 0.319 e. The van der Waals surface area contributed by atoms with Crippen LogP contribution in [-0.2, 0) is 0 Å². The zero-order valence-electron chi connectivity index (χ0n) is 11.0. The van der Waals surface area contributed by atoms with Crippen molar-refractivity contribution in [3.8, 4) is 5.88 Å². The molecule has 6 nitrogen and oxygen atoms in total. The molecular weight excluding hydrogens is 246 g/mol. The third-order valence-corrected chi connectivity index (χ3v) is 3.16. The van der Waals surface area contributed by atoms with Crippen LogP contribution < -0.4 is 15.4 Å². The second-order valence-electron chi connectivity index (χ2n) is 4.35. The standard InChI is InChI=1S/C13H17N3O3/c1-3-8-7-10(17)12-9(16(8)13(14)18)5-6-11(15-12)19-4-2/h5-6,8H,3-4,7H2,1-2H3,(H2,14,18). The van der Waals surface area contributed by atoms with Crippen LogP contribution in [-0.4, -0.2) is 29.4 Å². The summed E-state index contributed by atoms with van der Waals surface area (Å²) in [5.74, 6) is 0.301. The third-order valence-electron chi connectivity index (χ3n) is 3.16. The van der Waals surface area contributed by atoms with Gasteiger partial charge in [-0.05, 0) is 19.4 Å². The van der Waals surface area contributed by atoms with Gasteiger partial charge in [-0.2, -0.15) is 0 Å². The van der Waals surface area contributed by atoms with Crippen molar-refractivity contribution in [2.75, 3.05) is 11.5 Å². The number of urea groups is 1. The van der Waals surface area contributed by atoms with Gasteiger partial charge in [-0.3, -0.25) is 9.69 Å². The van der Waals surface area contributed by atoms with Gasteiger partial charge in [-0.15, -0.1) is 0 Å². The molecule has 2 N–H and O–H groups in total. The number of fused-ring (bicyclic) bond motifs is 1. The Labute approximate surface area is 111 Å². The molecule has 1 atom stereocenters. The first kappa shape index (κ1) is 13.3. The molecule has 2 rings (SSSR count). The number of hydrogen-bond acceptors (Lipinski definition) is 4. The molecule has 0 aliphatic carbocycles. The Balaban J connectivity index is 2.48. The first-order valence-electron chi connectivity index (χ1n) is 6.34. The number of ketones is 1. The largest absolute Gasteiger partial charge is 0.478 e. The number of rotatable bonds is 3. The van der Waals surface area contributed by atoms with Crippen LogP contribution in [0.4, 0.5) is 10.5 Å². The van der Waals surface area contributed by atoms with E-state index in [0.717, 1.165) is 0 Å². The zero-order chi connectivity index (χ0) is 14.0. The molecule has 1 aromatic rings. The van der Waals surface area contributed by atoms with Crippen LogP contribution in [0.1, 0.15) is 37.2 Å². The van der Waals surface area contributed by atoms with E-state index in [0.29, 0.717) is 24.6 Å². The highest BCUT2D eigenvalue weighted by Gasteiger charge is 2.34. The van der Waals surface area contributed by atoms with Gasteiger partial charge in [0.2, 0.25) is 5.88 Å². The van der Waals surface area contributed by atoms with Crippen molar-refractivity contribution in [1.29, 1.82) is 0 Å². The number of ether oxygens (including phenoxy) is 1. The lowest BCUT2D eigenvalue weighted by Gasteiger charge is -2.34. The van der Waals surface area contributed by atoms with E-state index in [-0.39, 0.29) is 23.9 Å². The second kappa shape index (κ2) is 5.26. The van der Waals surface area contributed by atoms with E-state index in [1.54, 1.807) is 12.1 Å². The van der Waals surface area contributed by atoms with Gasteiger partial charge in [0, 0.05) is 18.5 Å². The Hall–Kier alpha value is -2.11. The molecule has 0 fully saturated rings. The molecule has 102 valence electrons. The maximum absolute atomic E-state index is 12.1. The van der Waals surface area contributed by atoms with Gasteiger partial charge in [0.25, 0.3) is 0 Å². The molecule has 1 aliphatic heterocycles. The molecular formula is C13H17N3O3. The Bertz CT molecular complexity index is 516. The normalized spacial score (nSPS) is 18.1. The number of anilines is 1. The van der Waals surface area contributed by atoms with Gasteiger partial charge in [-0.1, -0.05) is 6.92 Å². The number of hydrogen-bond donors (Lipinski definition) is 1. The van der Waals surface area contributed by atoms with E-state index in [1.807, 2.05) is 13.8 Å². The number of aromatic nitrogens is 1. The molecule has 1 aliphatic rings. The first-order chi connectivity index (χ1) is 9.08. The highest BCUT2D eigenvalue weighted by molar-refractivity contribution is 6.07. The van der Waals surface area contributed by atoms with Gasteiger partial charge in [0.1, 0.15) is 5.69 Å². The molecule has 0 spiro atoms. The molecule has 19 heavy (non-hydrogen) atoms. The fourth-order valence-electron chi connectivity index (χ4n) is 2.29. The predicted molar refractivity (Wildman–Crippen MR) is 70.5 cm³/mol. The Morgan fingerprint density at radius 1 is 1.53 bits per heavy atom. The van der Waals surface area contributed by atoms with Gasteiger partial charge < -0.3 is 10.5 Å². The minimum Gasteiger partial charge on any atom is -0.478 e. The number of primary amides is 1. The molecule has 0 saturated heterocycles. The summed E-state index contributed by atoms with van der Waals surface area (Å²) >= 11 is 0. The predicted octanol–water partition coefficient (Wildman–Crippen LogP) is 1.73. The van der Waals surface area contributed by atoms with Gasteiger partial charge in [0.15, 0.2) is 5.78 Å². The summed E-state index contributed by atoms with van der Waals surface area (Å²) in [6.45, 7) is 4.23. The summed E-state index contributed by atoms with van der Waals surface area (Å²) < 4.78 is 5.27. The number of Topliss-reactive ketones (excluding diaryl/α,β-unsaturated/α-hetero) is 1. The highest BCUT2D eigenvalue weighted by atomic mass is 16.5. The Morgan fingerprint density at radius 2 is 2.26 bits per heavy atom. The third kappa shape index (κ3) is 2.38. The number of nitrogens with two attached hydrogens (primary N) is 1. The maximum Gasteiger partial charge on any atom is 0.319 e. The summed E-state index contributed by atoms with van der Waals surface area (Å²) in [5, 5.41) is 0. The highest BCUT2D eigenvalue weighted by Crippen LogP contribution is 2.32. The van der Waals surface area contributed by atoms with Gasteiger partial charge in [0.05, 0.1) is 12.3 Å². The Morgan fingerprint density at radius 3 is 2.84 bits per heavy atom. The minimum atomic E-state index is -0.563. The van der Waals surface area contributed by atoms with E-state index in [2.05, 4.69) is 4.98 Å². The molecule has 1 aromatic heterocycles. The molecule has 0 radical (unpaired) electrons. The van der Waals surface area contributed by atoms with Crippen LogP contribution >= 0.6 is 0 Å². The topological polar surface area (TPSA) is 85.5 Å². The summed E-state index contributed by atoms with van der Waals surface area (Å²) in [4.78, 5) is 29.3. The van der Waals surface area contributed by atoms with E-state index in [9.17, 15) is 9.59 Å². The Kier molecular flexibility index (Phi) is 3.69. The molecule has 0 aromatic carbocycles. The summed E-state index contributed by atoms with van der Waals surface area (Å²) in [5.41, 5.74) is 6.14. The lowest BCUT2D eigenvalue weighted by Crippen LogP contribution is -2.48. The number of nitrogens with zero attached hydrogens (tertiary/aromatic N) is 2. The van der Waals surface area contributed by atoms with Crippen LogP contribution in [0.5, 0.6) is 5.88 Å². The summed E-state index contributed by atoms with van der Waals surface area (Å²) in [6.07, 6.45) is 0.913.